The van der Waals surface area contributed by atoms with Crippen molar-refractivity contribution >= 4 is 43.6 Å². The second kappa shape index (κ2) is 9.57. The zero-order valence-electron chi connectivity index (χ0n) is 31.0. The molecule has 0 atom stereocenters. The summed E-state index contributed by atoms with van der Waals surface area (Å²) in [6.07, 6.45) is 0. The first-order valence-electron chi connectivity index (χ1n) is 18.5. The Labute approximate surface area is 280 Å². The van der Waals surface area contributed by atoms with Crippen molar-refractivity contribution in [3.05, 3.63) is 169 Å². The molecular weight excluding hydrogens is 569 g/mol. The Hall–Kier alpha value is -5.86. The van der Waals surface area contributed by atoms with E-state index < -0.39 is 6.04 Å². The van der Waals surface area contributed by atoms with Gasteiger partial charge in [0.25, 0.3) is 0 Å². The topological polar surface area (TPSA) is 9.86 Å². The smallest absolute Gasteiger partial charge is 0.0645 e. The average Bonchev–Trinajstić information content (AvgIpc) is 3.75. The summed E-state index contributed by atoms with van der Waals surface area (Å²) >= 11 is 0. The van der Waals surface area contributed by atoms with E-state index in [0.29, 0.717) is 0 Å². The van der Waals surface area contributed by atoms with Crippen LogP contribution in [-0.4, -0.2) is 9.13 Å². The maximum Gasteiger partial charge on any atom is 0.0645 e. The van der Waals surface area contributed by atoms with E-state index in [1.807, 2.05) is 34.9 Å². The fourth-order valence-corrected chi connectivity index (χ4v) is 8.00. The molecular formula is C45H32N2. The van der Waals surface area contributed by atoms with E-state index in [1.165, 1.54) is 38.5 Å². The molecule has 0 spiro atoms. The second-order valence-corrected chi connectivity index (χ2v) is 13.0. The summed E-state index contributed by atoms with van der Waals surface area (Å²) in [5.41, 5.74) is 12.4. The second-order valence-electron chi connectivity index (χ2n) is 13.0. The maximum atomic E-state index is 8.76. The largest absolute Gasteiger partial charge is 0.309 e. The third-order valence-electron chi connectivity index (χ3n) is 10.2. The fraction of sp³-hybridized carbons (Fsp3) is 0.0667. The lowest BCUT2D eigenvalue weighted by Gasteiger charge is -2.21. The van der Waals surface area contributed by atoms with Crippen LogP contribution in [0.25, 0.3) is 77.2 Å². The molecule has 7 aromatic carbocycles. The molecule has 1 aliphatic rings. The maximum absolute atomic E-state index is 8.76. The summed E-state index contributed by atoms with van der Waals surface area (Å²) in [5, 5.41) is 4.27. The van der Waals surface area contributed by atoms with Crippen LogP contribution in [0.15, 0.2) is 158 Å². The highest BCUT2D eigenvalue weighted by molar-refractivity contribution is 6.14. The van der Waals surface area contributed by atoms with Crippen LogP contribution in [0.2, 0.25) is 0 Å². The monoisotopic (exact) mass is 605 g/mol. The molecule has 0 bridgehead atoms. The average molecular weight is 606 g/mol. The van der Waals surface area contributed by atoms with E-state index in [4.69, 9.17) is 6.85 Å². The van der Waals surface area contributed by atoms with E-state index in [1.54, 1.807) is 0 Å². The van der Waals surface area contributed by atoms with Crippen LogP contribution in [0.4, 0.5) is 0 Å². The van der Waals surface area contributed by atoms with Crippen LogP contribution in [0.3, 0.4) is 0 Å². The molecule has 2 aromatic heterocycles. The molecule has 10 rings (SSSR count). The number of benzene rings is 7. The molecule has 0 radical (unpaired) electrons. The normalized spacial score (nSPS) is 15.0. The van der Waals surface area contributed by atoms with Gasteiger partial charge in [0.05, 0.1) is 28.9 Å². The Morgan fingerprint density at radius 3 is 1.81 bits per heavy atom. The molecule has 0 aliphatic heterocycles. The molecule has 1 aliphatic carbocycles. The summed E-state index contributed by atoms with van der Waals surface area (Å²) in [4.78, 5) is 0. The molecule has 2 heterocycles. The summed E-state index contributed by atoms with van der Waals surface area (Å²) in [6.45, 7) is 4.64. The Bertz CT molecular complexity index is 2960. The number of fused-ring (bicyclic) bond motifs is 9. The minimum absolute atomic E-state index is 0.118. The first kappa shape index (κ1) is 21.8. The van der Waals surface area contributed by atoms with Gasteiger partial charge in [0.1, 0.15) is 0 Å². The zero-order chi connectivity index (χ0) is 35.6. The SMILES string of the molecule is [2H]c1c([2H])c([2H])c(-n2c3ccccc3c3cc(-c4ccc5c(c4)c4cc6c(cc4n5-c4ccccc4)C(C)(C)c4ccccc4-6)ccc32)c([2H])c1[2H]. The molecule has 0 amide bonds. The molecule has 222 valence electrons. The van der Waals surface area contributed by atoms with Gasteiger partial charge in [-0.15, -0.1) is 0 Å². The van der Waals surface area contributed by atoms with E-state index in [9.17, 15) is 0 Å². The van der Waals surface area contributed by atoms with Gasteiger partial charge in [-0.1, -0.05) is 105 Å². The first-order valence-corrected chi connectivity index (χ1v) is 16.0. The highest BCUT2D eigenvalue weighted by Gasteiger charge is 2.36. The molecule has 0 N–H and O–H groups in total. The molecule has 9 aromatic rings. The van der Waals surface area contributed by atoms with E-state index in [2.05, 4.69) is 115 Å². The minimum atomic E-state index is -0.399. The van der Waals surface area contributed by atoms with Crippen molar-refractivity contribution in [2.75, 3.05) is 0 Å². The lowest BCUT2D eigenvalue weighted by Crippen LogP contribution is -2.14. The van der Waals surface area contributed by atoms with Gasteiger partial charge in [0, 0.05) is 38.3 Å². The molecule has 2 nitrogen and oxygen atoms in total. The lowest BCUT2D eigenvalue weighted by molar-refractivity contribution is 0.661. The van der Waals surface area contributed by atoms with Gasteiger partial charge in [-0.25, -0.2) is 0 Å². The van der Waals surface area contributed by atoms with Crippen LogP contribution >= 0.6 is 0 Å². The molecule has 0 saturated heterocycles. The predicted octanol–water partition coefficient (Wildman–Crippen LogP) is 11.9. The van der Waals surface area contributed by atoms with Crippen molar-refractivity contribution in [2.45, 2.75) is 19.3 Å². The Balaban J connectivity index is 1.22. The van der Waals surface area contributed by atoms with Crippen molar-refractivity contribution in [1.82, 2.24) is 9.13 Å². The van der Waals surface area contributed by atoms with E-state index >= 15 is 0 Å². The van der Waals surface area contributed by atoms with Crippen LogP contribution in [0, 0.1) is 0 Å². The van der Waals surface area contributed by atoms with Crippen molar-refractivity contribution in [3.8, 4) is 33.6 Å². The zero-order valence-corrected chi connectivity index (χ0v) is 26.0. The number of para-hydroxylation sites is 3. The summed E-state index contributed by atoms with van der Waals surface area (Å²) < 4.78 is 46.6. The van der Waals surface area contributed by atoms with Gasteiger partial charge in [0.2, 0.25) is 0 Å². The van der Waals surface area contributed by atoms with Crippen LogP contribution in [0.5, 0.6) is 0 Å². The van der Waals surface area contributed by atoms with Gasteiger partial charge in [-0.3, -0.25) is 0 Å². The number of nitrogens with zero attached hydrogens (tertiary/aromatic N) is 2. The van der Waals surface area contributed by atoms with Gasteiger partial charge in [-0.2, -0.15) is 0 Å². The van der Waals surface area contributed by atoms with Crippen molar-refractivity contribution in [3.63, 3.8) is 0 Å². The quantitative estimate of drug-likeness (QED) is 0.190. The molecule has 2 heteroatoms. The third-order valence-corrected chi connectivity index (χ3v) is 10.2. The summed E-state index contributed by atoms with van der Waals surface area (Å²) in [7, 11) is 0. The van der Waals surface area contributed by atoms with Crippen molar-refractivity contribution in [2.24, 2.45) is 0 Å². The molecule has 0 fully saturated rings. The molecule has 0 unspecified atom stereocenters. The molecule has 0 saturated carbocycles. The van der Waals surface area contributed by atoms with E-state index in [0.717, 1.165) is 44.1 Å². The van der Waals surface area contributed by atoms with E-state index in [-0.39, 0.29) is 35.3 Å². The highest BCUT2D eigenvalue weighted by Crippen LogP contribution is 2.51. The number of aromatic nitrogens is 2. The Morgan fingerprint density at radius 2 is 1.04 bits per heavy atom. The Morgan fingerprint density at radius 1 is 0.447 bits per heavy atom. The minimum Gasteiger partial charge on any atom is -0.309 e. The van der Waals surface area contributed by atoms with Gasteiger partial charge in [0.15, 0.2) is 0 Å². The number of rotatable bonds is 3. The standard InChI is InChI=1S/C45H32N2/c1-45(2)39-19-11-9-17-33(39)35-27-38-37-26-30(22-24-43(37)47(44(38)28-40(35)45)32-15-7-4-8-16-32)29-21-23-42-36(25-29)34-18-10-12-20-41(34)46(42)31-13-5-3-6-14-31/h3-28H,1-2H3/i3D,5D,6D,13D,14D. The highest BCUT2D eigenvalue weighted by atomic mass is 15.0. The third kappa shape index (κ3) is 3.67. The summed E-state index contributed by atoms with van der Waals surface area (Å²) in [5.74, 6) is 0. The lowest BCUT2D eigenvalue weighted by atomic mass is 9.82. The first-order chi connectivity index (χ1) is 25.1. The van der Waals surface area contributed by atoms with Crippen LogP contribution in [0.1, 0.15) is 31.8 Å². The van der Waals surface area contributed by atoms with Crippen molar-refractivity contribution in [1.29, 1.82) is 0 Å². The van der Waals surface area contributed by atoms with Crippen LogP contribution < -0.4 is 0 Å². The van der Waals surface area contributed by atoms with Crippen LogP contribution in [-0.2, 0) is 5.41 Å². The van der Waals surface area contributed by atoms with Crippen molar-refractivity contribution < 1.29 is 6.85 Å². The van der Waals surface area contributed by atoms with Gasteiger partial charge in [-0.05, 0) is 100 Å². The Kier molecular flexibility index (Phi) is 4.44. The van der Waals surface area contributed by atoms with Gasteiger partial charge < -0.3 is 9.13 Å². The van der Waals surface area contributed by atoms with Gasteiger partial charge >= 0.3 is 0 Å². The fourth-order valence-electron chi connectivity index (χ4n) is 8.00. The predicted molar refractivity (Wildman–Crippen MR) is 198 cm³/mol. The molecule has 47 heavy (non-hydrogen) atoms. The number of hydrogen-bond donors (Lipinski definition) is 0. The number of hydrogen-bond acceptors (Lipinski definition) is 0. The summed E-state index contributed by atoms with van der Waals surface area (Å²) in [6, 6.07) is 43.4.